The summed E-state index contributed by atoms with van der Waals surface area (Å²) in [6.45, 7) is 16.9. The molecule has 4 heteroatoms. The van der Waals surface area contributed by atoms with Crippen LogP contribution in [-0.4, -0.2) is 26.8 Å². The minimum Gasteiger partial charge on any atom is -0.487 e. The summed E-state index contributed by atoms with van der Waals surface area (Å²) in [5.74, 6) is 1.42. The van der Waals surface area contributed by atoms with Gasteiger partial charge in [0.25, 0.3) is 0 Å². The minimum atomic E-state index is -1.76. The van der Waals surface area contributed by atoms with Crippen LogP contribution in [0.25, 0.3) is 0 Å². The van der Waals surface area contributed by atoms with Crippen molar-refractivity contribution < 1.29 is 14.0 Å². The lowest BCUT2D eigenvalue weighted by Crippen LogP contribution is -2.45. The molecule has 1 aliphatic rings. The van der Waals surface area contributed by atoms with E-state index in [1.165, 1.54) is 25.7 Å². The molecule has 1 atom stereocenters. The van der Waals surface area contributed by atoms with Gasteiger partial charge in [-0.3, -0.25) is 4.79 Å². The number of allylic oxidation sites excluding steroid dienone is 2. The predicted molar refractivity (Wildman–Crippen MR) is 122 cm³/mol. The van der Waals surface area contributed by atoms with Gasteiger partial charge in [0, 0.05) is 13.0 Å². The summed E-state index contributed by atoms with van der Waals surface area (Å²) in [6.07, 6.45) is 12.8. The van der Waals surface area contributed by atoms with Gasteiger partial charge in [-0.1, -0.05) is 53.9 Å². The van der Waals surface area contributed by atoms with E-state index < -0.39 is 8.32 Å². The van der Waals surface area contributed by atoms with Crippen LogP contribution in [0.1, 0.15) is 98.8 Å². The van der Waals surface area contributed by atoms with Crippen LogP contribution in [0.4, 0.5) is 0 Å². The maximum atomic E-state index is 12.3. The molecule has 0 bridgehead atoms. The highest BCUT2D eigenvalue weighted by Gasteiger charge is 2.42. The Kier molecular flexibility index (Phi) is 11.0. The van der Waals surface area contributed by atoms with E-state index in [4.69, 9.17) is 9.16 Å². The highest BCUT2D eigenvalue weighted by molar-refractivity contribution is 6.74. The lowest BCUT2D eigenvalue weighted by Gasteiger charge is -2.42. The Balaban J connectivity index is 2.47. The third-order valence-corrected chi connectivity index (χ3v) is 11.6. The van der Waals surface area contributed by atoms with Gasteiger partial charge in [-0.05, 0) is 68.7 Å². The number of Topliss-reactive ketones (excluding diaryl/α,β-unsaturated/α-hetero) is 1. The van der Waals surface area contributed by atoms with E-state index >= 15 is 0 Å². The van der Waals surface area contributed by atoms with Crippen LogP contribution in [-0.2, 0) is 14.0 Å². The van der Waals surface area contributed by atoms with Gasteiger partial charge in [0.1, 0.15) is 0 Å². The number of hydrogen-bond acceptors (Lipinski definition) is 3. The van der Waals surface area contributed by atoms with Gasteiger partial charge in [-0.2, -0.15) is 0 Å². The first-order valence-corrected chi connectivity index (χ1v) is 14.6. The fourth-order valence-corrected chi connectivity index (χ4v) is 6.02. The van der Waals surface area contributed by atoms with Crippen LogP contribution in [0.5, 0.6) is 0 Å². The van der Waals surface area contributed by atoms with E-state index in [0.29, 0.717) is 18.1 Å². The molecular weight excluding hydrogens is 364 g/mol. The van der Waals surface area contributed by atoms with Crippen molar-refractivity contribution in [3.8, 4) is 0 Å². The van der Waals surface area contributed by atoms with E-state index in [-0.39, 0.29) is 16.9 Å². The summed E-state index contributed by atoms with van der Waals surface area (Å²) in [6, 6.07) is 0. The van der Waals surface area contributed by atoms with Gasteiger partial charge in [0.15, 0.2) is 19.9 Å². The molecule has 0 aliphatic carbocycles. The molecular formula is C24H46O3Si. The van der Waals surface area contributed by atoms with E-state index in [0.717, 1.165) is 38.7 Å². The van der Waals surface area contributed by atoms with Gasteiger partial charge < -0.3 is 9.16 Å². The average molecular weight is 411 g/mol. The quantitative estimate of drug-likeness (QED) is 0.191. The van der Waals surface area contributed by atoms with Crippen LogP contribution >= 0.6 is 0 Å². The SMILES string of the molecule is CCCCCCC1CCCC(=O)/C(=C/CCCO[Si](C)(C)C(C)(C)C(C)C)O1. The molecule has 1 saturated heterocycles. The molecule has 1 fully saturated rings. The Bertz CT molecular complexity index is 494. The molecule has 0 N–H and O–H groups in total. The molecule has 0 spiro atoms. The second-order valence-electron chi connectivity index (χ2n) is 9.85. The van der Waals surface area contributed by atoms with Crippen molar-refractivity contribution in [2.45, 2.75) is 123 Å². The molecule has 1 aliphatic heterocycles. The Morgan fingerprint density at radius 2 is 1.93 bits per heavy atom. The van der Waals surface area contributed by atoms with Crippen LogP contribution < -0.4 is 0 Å². The lowest BCUT2D eigenvalue weighted by atomic mass is 9.99. The number of unbranched alkanes of at least 4 members (excludes halogenated alkanes) is 4. The van der Waals surface area contributed by atoms with Crippen molar-refractivity contribution in [1.29, 1.82) is 0 Å². The molecule has 164 valence electrons. The summed E-state index contributed by atoms with van der Waals surface area (Å²) in [4.78, 5) is 12.3. The molecule has 28 heavy (non-hydrogen) atoms. The summed E-state index contributed by atoms with van der Waals surface area (Å²) in [5.41, 5.74) is 0. The Morgan fingerprint density at radius 3 is 2.57 bits per heavy atom. The summed E-state index contributed by atoms with van der Waals surface area (Å²) in [5, 5.41) is 0.247. The van der Waals surface area contributed by atoms with Crippen molar-refractivity contribution in [1.82, 2.24) is 0 Å². The Morgan fingerprint density at radius 1 is 1.21 bits per heavy atom. The molecule has 1 heterocycles. The first-order valence-electron chi connectivity index (χ1n) is 11.7. The third-order valence-electron chi connectivity index (χ3n) is 7.01. The number of hydrogen-bond donors (Lipinski definition) is 0. The molecule has 0 saturated carbocycles. The van der Waals surface area contributed by atoms with Crippen molar-refractivity contribution in [2.75, 3.05) is 6.61 Å². The van der Waals surface area contributed by atoms with Crippen LogP contribution in [0.15, 0.2) is 11.8 Å². The van der Waals surface area contributed by atoms with Gasteiger partial charge in [-0.15, -0.1) is 0 Å². The molecule has 0 radical (unpaired) electrons. The molecule has 0 amide bonds. The molecule has 0 aromatic rings. The standard InChI is InChI=1S/C24H46O3Si/c1-8-9-10-11-15-21-16-14-17-22(25)23(27-21)18-12-13-19-26-28(6,7)24(4,5)20(2)3/h18,20-21H,8-17,19H2,1-7H3/b23-18-. The fourth-order valence-electron chi connectivity index (χ4n) is 3.61. The molecule has 1 rings (SSSR count). The zero-order chi connectivity index (χ0) is 21.2. The second kappa shape index (κ2) is 12.2. The van der Waals surface area contributed by atoms with Crippen LogP contribution in [0.2, 0.25) is 18.1 Å². The summed E-state index contributed by atoms with van der Waals surface area (Å²) in [7, 11) is -1.76. The molecule has 1 unspecified atom stereocenters. The van der Waals surface area contributed by atoms with Gasteiger partial charge in [0.05, 0.1) is 6.10 Å². The lowest BCUT2D eigenvalue weighted by molar-refractivity contribution is -0.118. The zero-order valence-corrected chi connectivity index (χ0v) is 20.7. The normalized spacial score (nSPS) is 20.5. The Labute approximate surface area is 175 Å². The van der Waals surface area contributed by atoms with E-state index in [9.17, 15) is 4.79 Å². The molecule has 0 aromatic carbocycles. The maximum absolute atomic E-state index is 12.3. The van der Waals surface area contributed by atoms with Gasteiger partial charge in [0.2, 0.25) is 0 Å². The summed E-state index contributed by atoms with van der Waals surface area (Å²) >= 11 is 0. The maximum Gasteiger partial charge on any atom is 0.197 e. The molecule has 0 aromatic heterocycles. The predicted octanol–water partition coefficient (Wildman–Crippen LogP) is 7.42. The largest absolute Gasteiger partial charge is 0.487 e. The number of rotatable bonds is 12. The highest BCUT2D eigenvalue weighted by atomic mass is 28.4. The van der Waals surface area contributed by atoms with Crippen molar-refractivity contribution in [3.05, 3.63) is 11.8 Å². The molecule has 3 nitrogen and oxygen atoms in total. The van der Waals surface area contributed by atoms with Gasteiger partial charge in [-0.25, -0.2) is 0 Å². The second-order valence-corrected chi connectivity index (χ2v) is 14.4. The first-order chi connectivity index (χ1) is 13.1. The van der Waals surface area contributed by atoms with Crippen molar-refractivity contribution in [2.24, 2.45) is 5.92 Å². The number of ketones is 1. The van der Waals surface area contributed by atoms with Crippen molar-refractivity contribution >= 4 is 14.1 Å². The van der Waals surface area contributed by atoms with E-state index in [1.54, 1.807) is 0 Å². The zero-order valence-electron chi connectivity index (χ0n) is 19.7. The fraction of sp³-hybridized carbons (Fsp3) is 0.875. The third kappa shape index (κ3) is 8.02. The highest BCUT2D eigenvalue weighted by Crippen LogP contribution is 2.44. The van der Waals surface area contributed by atoms with Crippen LogP contribution in [0.3, 0.4) is 0 Å². The number of carbonyl (C=O) groups excluding carboxylic acids is 1. The summed E-state index contributed by atoms with van der Waals surface area (Å²) < 4.78 is 12.5. The monoisotopic (exact) mass is 410 g/mol. The number of carbonyl (C=O) groups is 1. The average Bonchev–Trinajstić information content (AvgIpc) is 2.79. The number of ether oxygens (including phenoxy) is 1. The van der Waals surface area contributed by atoms with Gasteiger partial charge >= 0.3 is 0 Å². The first kappa shape index (κ1) is 25.4. The van der Waals surface area contributed by atoms with E-state index in [1.807, 2.05) is 6.08 Å². The Hall–Kier alpha value is -0.613. The van der Waals surface area contributed by atoms with E-state index in [2.05, 4.69) is 47.7 Å². The topological polar surface area (TPSA) is 35.5 Å². The smallest absolute Gasteiger partial charge is 0.197 e. The van der Waals surface area contributed by atoms with Crippen molar-refractivity contribution in [3.63, 3.8) is 0 Å². The minimum absolute atomic E-state index is 0.188. The van der Waals surface area contributed by atoms with Crippen LogP contribution in [0, 0.1) is 5.92 Å².